The van der Waals surface area contributed by atoms with Gasteiger partial charge in [-0.1, -0.05) is 82.7 Å². The number of carbonyl (C=O) groups is 5. The number of nitrogens with zero attached hydrogens (tertiary/aromatic N) is 2. The van der Waals surface area contributed by atoms with Crippen LogP contribution in [0.15, 0.2) is 36.5 Å². The lowest BCUT2D eigenvalue weighted by atomic mass is 9.83. The lowest BCUT2D eigenvalue weighted by Crippen LogP contribution is -2.54. The Morgan fingerprint density at radius 3 is 2.31 bits per heavy atom. The van der Waals surface area contributed by atoms with Gasteiger partial charge in [0.2, 0.25) is 23.6 Å². The van der Waals surface area contributed by atoms with Gasteiger partial charge in [0.25, 0.3) is 0 Å². The van der Waals surface area contributed by atoms with E-state index in [1.807, 2.05) is 13.8 Å². The number of ether oxygens (including phenoxy) is 1. The number of benzene rings is 1. The van der Waals surface area contributed by atoms with E-state index < -0.39 is 72.5 Å². The van der Waals surface area contributed by atoms with Crippen molar-refractivity contribution in [3.8, 4) is 0 Å². The van der Waals surface area contributed by atoms with Gasteiger partial charge in [0, 0.05) is 24.7 Å². The van der Waals surface area contributed by atoms with Crippen molar-refractivity contribution in [2.45, 2.75) is 136 Å². The van der Waals surface area contributed by atoms with Crippen LogP contribution in [0.3, 0.4) is 0 Å². The first-order valence-electron chi connectivity index (χ1n) is 19.8. The molecule has 1 saturated carbocycles. The molecule has 0 spiro atoms. The summed E-state index contributed by atoms with van der Waals surface area (Å²) in [7, 11) is 0. The van der Waals surface area contributed by atoms with Crippen molar-refractivity contribution in [2.24, 2.45) is 11.8 Å². The Labute approximate surface area is 321 Å². The van der Waals surface area contributed by atoms with E-state index in [1.54, 1.807) is 33.8 Å². The Bertz CT molecular complexity index is 1650. The molecule has 1 aliphatic carbocycles. The second kappa shape index (κ2) is 21.2. The van der Waals surface area contributed by atoms with Crippen LogP contribution in [0.5, 0.6) is 0 Å². The molecule has 0 aliphatic heterocycles. The number of hydrogen-bond donors (Lipinski definition) is 7. The standard InChI is InChI=1S/C39H60N8O7/c1-7-24(2)34(37(52)42-22-28-21-41-25(3)44-35(28)40)47-32(49)20-31(48)29(18-26-14-10-8-11-15-26)45-33(50)23-43-36(51)30(19-27-16-12-9-13-17-27)46-38(53)54-39(4,5)6/h9,12-13,16-17,21,24,26,29-31,34,48H,7-8,10-11,14-15,18-20,22-23H2,1-6H3,(H,42,52)(H,43,51)(H,45,50)(H,46,53)(H,47,49)(H2,40,41,44)/i16T,17T. The van der Waals surface area contributed by atoms with Gasteiger partial charge in [-0.25, -0.2) is 14.8 Å². The van der Waals surface area contributed by atoms with Crippen molar-refractivity contribution < 1.29 is 36.6 Å². The predicted octanol–water partition coefficient (Wildman–Crippen LogP) is 2.97. The molecule has 2 aromatic rings. The Kier molecular flexibility index (Phi) is 15.9. The van der Waals surface area contributed by atoms with E-state index in [1.165, 1.54) is 18.3 Å². The zero-order valence-electron chi connectivity index (χ0n) is 34.4. The van der Waals surface area contributed by atoms with Crippen molar-refractivity contribution in [3.05, 3.63) is 53.4 Å². The fourth-order valence-corrected chi connectivity index (χ4v) is 6.22. The van der Waals surface area contributed by atoms with Gasteiger partial charge >= 0.3 is 6.09 Å². The third-order valence-electron chi connectivity index (χ3n) is 9.35. The van der Waals surface area contributed by atoms with Crippen molar-refractivity contribution in [1.82, 2.24) is 36.6 Å². The van der Waals surface area contributed by atoms with Crippen LogP contribution >= 0.6 is 0 Å². The van der Waals surface area contributed by atoms with Crippen LogP contribution in [0.25, 0.3) is 0 Å². The topological polar surface area (TPSA) is 227 Å². The van der Waals surface area contributed by atoms with Crippen LogP contribution in [0.4, 0.5) is 10.6 Å². The second-order valence-electron chi connectivity index (χ2n) is 15.1. The number of aromatic nitrogens is 2. The summed E-state index contributed by atoms with van der Waals surface area (Å²) in [4.78, 5) is 74.3. The molecule has 5 unspecified atom stereocenters. The van der Waals surface area contributed by atoms with Gasteiger partial charge in [0.15, 0.2) is 0 Å². The number of nitrogen functional groups attached to an aromatic ring is 1. The maximum atomic E-state index is 13.4. The Balaban J connectivity index is 1.68. The smallest absolute Gasteiger partial charge is 0.408 e. The first-order chi connectivity index (χ1) is 26.4. The molecule has 15 heteroatoms. The molecule has 1 aromatic heterocycles. The summed E-state index contributed by atoms with van der Waals surface area (Å²) in [6.45, 7) is 9.95. The fourth-order valence-electron chi connectivity index (χ4n) is 6.22. The molecule has 0 bridgehead atoms. The minimum atomic E-state index is -1.31. The molecule has 0 radical (unpaired) electrons. The van der Waals surface area contributed by atoms with Crippen LogP contribution in [0.2, 0.25) is 0 Å². The minimum Gasteiger partial charge on any atom is -0.444 e. The number of nitrogens with two attached hydrogens (primary N) is 1. The minimum absolute atomic E-state index is 0.0150. The van der Waals surface area contributed by atoms with Crippen molar-refractivity contribution >= 4 is 35.5 Å². The van der Waals surface area contributed by atoms with Gasteiger partial charge in [-0.05, 0) is 51.5 Å². The van der Waals surface area contributed by atoms with E-state index >= 15 is 0 Å². The van der Waals surface area contributed by atoms with Gasteiger partial charge in [-0.2, -0.15) is 0 Å². The molecule has 0 saturated heterocycles. The van der Waals surface area contributed by atoms with E-state index in [2.05, 4.69) is 36.6 Å². The van der Waals surface area contributed by atoms with E-state index in [-0.39, 0.29) is 48.3 Å². The quantitative estimate of drug-likeness (QED) is 0.118. The Morgan fingerprint density at radius 1 is 1.00 bits per heavy atom. The highest BCUT2D eigenvalue weighted by atomic mass is 16.6. The number of aliphatic hydroxyl groups is 1. The van der Waals surface area contributed by atoms with E-state index in [0.29, 0.717) is 24.2 Å². The zero-order chi connectivity index (χ0) is 41.6. The largest absolute Gasteiger partial charge is 0.444 e. The lowest BCUT2D eigenvalue weighted by molar-refractivity contribution is -0.132. The molecule has 5 amide bonds. The first kappa shape index (κ1) is 40.4. The van der Waals surface area contributed by atoms with Gasteiger partial charge < -0.3 is 42.2 Å². The third kappa shape index (κ3) is 15.3. The van der Waals surface area contributed by atoms with Crippen LogP contribution in [-0.2, 0) is 36.9 Å². The highest BCUT2D eigenvalue weighted by molar-refractivity contribution is 5.90. The van der Waals surface area contributed by atoms with Gasteiger partial charge in [-0.15, -0.1) is 0 Å². The summed E-state index contributed by atoms with van der Waals surface area (Å²) in [6, 6.07) is 1.48. The molecule has 1 aromatic carbocycles. The number of aryl methyl sites for hydroxylation is 1. The lowest BCUT2D eigenvalue weighted by Gasteiger charge is -2.31. The summed E-state index contributed by atoms with van der Waals surface area (Å²) < 4.78 is 21.8. The molecule has 5 atom stereocenters. The maximum absolute atomic E-state index is 13.4. The van der Waals surface area contributed by atoms with Crippen LogP contribution in [0.1, 0.15) is 106 Å². The molecule has 1 aliphatic rings. The number of aliphatic hydroxyl groups excluding tert-OH is 1. The van der Waals surface area contributed by atoms with E-state index in [0.717, 1.165) is 32.1 Å². The van der Waals surface area contributed by atoms with Crippen LogP contribution < -0.4 is 32.3 Å². The van der Waals surface area contributed by atoms with Crippen molar-refractivity contribution in [1.29, 1.82) is 0 Å². The number of alkyl carbamates (subject to hydrolysis) is 1. The van der Waals surface area contributed by atoms with E-state index in [4.69, 9.17) is 13.2 Å². The summed E-state index contributed by atoms with van der Waals surface area (Å²) in [5.41, 5.74) is 5.86. The number of amides is 5. The molecule has 54 heavy (non-hydrogen) atoms. The molecule has 8 N–H and O–H groups in total. The molecule has 15 nitrogen and oxygen atoms in total. The van der Waals surface area contributed by atoms with Gasteiger partial charge in [0.1, 0.15) is 29.3 Å². The second-order valence-corrected chi connectivity index (χ2v) is 15.1. The van der Waals surface area contributed by atoms with Gasteiger partial charge in [0.05, 0.1) is 27.9 Å². The molecule has 1 fully saturated rings. The van der Waals surface area contributed by atoms with Crippen molar-refractivity contribution in [3.63, 3.8) is 0 Å². The highest BCUT2D eigenvalue weighted by Gasteiger charge is 2.31. The van der Waals surface area contributed by atoms with E-state index in [9.17, 15) is 29.1 Å². The number of anilines is 1. The SMILES string of the molecule is [3H]c1cccc([3H])c1CC(NC(=O)OC(C)(C)C)C(=O)NCC(=O)NC(CC1CCCCC1)C(O)CC(=O)NC(C(=O)NCc1cnc(C)nc1N)C(C)CC. The van der Waals surface area contributed by atoms with Crippen molar-refractivity contribution in [2.75, 3.05) is 12.3 Å². The number of carbonyl (C=O) groups excluding carboxylic acids is 5. The molecule has 1 heterocycles. The maximum Gasteiger partial charge on any atom is 0.408 e. The molecule has 298 valence electrons. The summed E-state index contributed by atoms with van der Waals surface area (Å²) in [5, 5.41) is 24.8. The Hall–Kier alpha value is -4.79. The normalized spacial score (nSPS) is 16.6. The average molecular weight is 757 g/mol. The number of rotatable bonds is 18. The summed E-state index contributed by atoms with van der Waals surface area (Å²) in [5.74, 6) is -1.70. The summed E-state index contributed by atoms with van der Waals surface area (Å²) in [6.07, 6.45) is 4.65. The van der Waals surface area contributed by atoms with Crippen LogP contribution in [-0.4, -0.2) is 81.2 Å². The summed E-state index contributed by atoms with van der Waals surface area (Å²) >= 11 is 0. The first-order valence-corrected chi connectivity index (χ1v) is 18.8. The monoisotopic (exact) mass is 756 g/mol. The highest BCUT2D eigenvalue weighted by Crippen LogP contribution is 2.28. The average Bonchev–Trinajstić information content (AvgIpc) is 3.12. The van der Waals surface area contributed by atoms with Crippen LogP contribution in [0, 0.1) is 18.8 Å². The fraction of sp³-hybridized carbons (Fsp3) is 0.615. The number of hydrogen-bond acceptors (Lipinski definition) is 10. The molecular weight excluding hydrogens is 692 g/mol. The third-order valence-corrected chi connectivity index (χ3v) is 9.35. The molecule has 3 rings (SSSR count). The molecular formula is C39H60N8O7. The predicted molar refractivity (Wildman–Crippen MR) is 204 cm³/mol. The Morgan fingerprint density at radius 2 is 1.69 bits per heavy atom. The van der Waals surface area contributed by atoms with Gasteiger partial charge in [-0.3, -0.25) is 19.2 Å². The zero-order valence-corrected chi connectivity index (χ0v) is 32.4. The number of nitrogens with one attached hydrogen (secondary N) is 5.